The summed E-state index contributed by atoms with van der Waals surface area (Å²) in [5.74, 6) is 0. The summed E-state index contributed by atoms with van der Waals surface area (Å²) >= 11 is 7.62. The van der Waals surface area contributed by atoms with Gasteiger partial charge in [-0.3, -0.25) is 10.1 Å². The molecule has 64 valence electrons. The van der Waals surface area contributed by atoms with Crippen LogP contribution < -0.4 is 5.73 Å². The van der Waals surface area contributed by atoms with Gasteiger partial charge in [-0.15, -0.1) is 0 Å². The van der Waals surface area contributed by atoms with Gasteiger partial charge >= 0.3 is 0 Å². The summed E-state index contributed by atoms with van der Waals surface area (Å²) in [4.78, 5) is 9.79. The molecule has 0 fully saturated rings. The van der Waals surface area contributed by atoms with Crippen molar-refractivity contribution in [2.24, 2.45) is 0 Å². The summed E-state index contributed by atoms with van der Waals surface area (Å²) in [5, 5.41) is 10.7. The van der Waals surface area contributed by atoms with Crippen LogP contribution in [0.2, 0.25) is 5.02 Å². The van der Waals surface area contributed by atoms with Crippen molar-refractivity contribution >= 4 is 45.6 Å². The first kappa shape index (κ1) is 9.53. The van der Waals surface area contributed by atoms with Crippen LogP contribution in [0.4, 0.5) is 11.4 Å². The quantitative estimate of drug-likeness (QED) is 0.375. The summed E-state index contributed by atoms with van der Waals surface area (Å²) in [7, 11) is 0. The Labute approximate surface area is 87.0 Å². The van der Waals surface area contributed by atoms with Crippen LogP contribution in [-0.4, -0.2) is 4.92 Å². The van der Waals surface area contributed by atoms with Crippen molar-refractivity contribution in [3.05, 3.63) is 30.8 Å². The average Bonchev–Trinajstić information content (AvgIpc) is 1.96. The van der Waals surface area contributed by atoms with E-state index in [1.54, 1.807) is 0 Å². The maximum Gasteiger partial charge on any atom is 0.293 e. The van der Waals surface area contributed by atoms with E-state index in [-0.39, 0.29) is 11.4 Å². The van der Waals surface area contributed by atoms with Gasteiger partial charge in [-0.2, -0.15) is 0 Å². The van der Waals surface area contributed by atoms with Gasteiger partial charge in [0.25, 0.3) is 5.69 Å². The summed E-state index contributed by atoms with van der Waals surface area (Å²) in [6, 6.07) is 2.72. The van der Waals surface area contributed by atoms with E-state index in [0.717, 1.165) is 0 Å². The number of benzene rings is 1. The molecule has 0 aliphatic rings. The molecule has 0 atom stereocenters. The van der Waals surface area contributed by atoms with Crippen molar-refractivity contribution in [2.45, 2.75) is 0 Å². The molecule has 4 nitrogen and oxygen atoms in total. The van der Waals surface area contributed by atoms with E-state index in [0.29, 0.717) is 8.59 Å². The Morgan fingerprint density at radius 3 is 2.67 bits per heavy atom. The lowest BCUT2D eigenvalue weighted by Crippen LogP contribution is -1.96. The summed E-state index contributed by atoms with van der Waals surface area (Å²) in [6.07, 6.45) is 0. The Morgan fingerprint density at radius 2 is 2.17 bits per heavy atom. The molecule has 0 amide bonds. The van der Waals surface area contributed by atoms with E-state index in [1.807, 2.05) is 22.6 Å². The van der Waals surface area contributed by atoms with Crippen LogP contribution >= 0.6 is 34.2 Å². The van der Waals surface area contributed by atoms with E-state index in [4.69, 9.17) is 17.3 Å². The van der Waals surface area contributed by atoms with E-state index in [2.05, 4.69) is 0 Å². The number of rotatable bonds is 1. The maximum absolute atomic E-state index is 10.3. The zero-order chi connectivity index (χ0) is 9.30. The van der Waals surface area contributed by atoms with Crippen LogP contribution in [0.3, 0.4) is 0 Å². The number of halogens is 2. The molecule has 0 aromatic heterocycles. The van der Waals surface area contributed by atoms with Crippen molar-refractivity contribution in [2.75, 3.05) is 5.73 Å². The second-order valence-corrected chi connectivity index (χ2v) is 3.65. The van der Waals surface area contributed by atoms with Crippen LogP contribution in [0.15, 0.2) is 12.1 Å². The molecule has 1 aromatic rings. The van der Waals surface area contributed by atoms with Crippen LogP contribution in [0.1, 0.15) is 0 Å². The van der Waals surface area contributed by atoms with Gasteiger partial charge in [-0.05, 0) is 28.7 Å². The topological polar surface area (TPSA) is 69.2 Å². The summed E-state index contributed by atoms with van der Waals surface area (Å²) in [5.41, 5.74) is 5.37. The lowest BCUT2D eigenvalue weighted by molar-refractivity contribution is -0.383. The number of nitrogens with two attached hydrogens (primary N) is 1. The first-order chi connectivity index (χ1) is 5.52. The average molecular weight is 298 g/mol. The van der Waals surface area contributed by atoms with E-state index in [9.17, 15) is 10.1 Å². The van der Waals surface area contributed by atoms with Crippen LogP contribution in [0, 0.1) is 13.7 Å². The molecule has 0 unspecified atom stereocenters. The fourth-order valence-corrected chi connectivity index (χ4v) is 1.36. The lowest BCUT2D eigenvalue weighted by Gasteiger charge is -1.99. The first-order valence-electron chi connectivity index (χ1n) is 2.91. The van der Waals surface area contributed by atoms with E-state index < -0.39 is 4.92 Å². The van der Waals surface area contributed by atoms with Crippen LogP contribution in [-0.2, 0) is 0 Å². The summed E-state index contributed by atoms with van der Waals surface area (Å²) in [6.45, 7) is 0. The molecule has 0 aliphatic carbocycles. The van der Waals surface area contributed by atoms with Gasteiger partial charge in [0.2, 0.25) is 0 Å². The molecule has 1 aromatic carbocycles. The number of hydrogen-bond donors (Lipinski definition) is 1. The van der Waals surface area contributed by atoms with Gasteiger partial charge in [0.15, 0.2) is 0 Å². The minimum atomic E-state index is -0.558. The van der Waals surface area contributed by atoms with Crippen molar-refractivity contribution in [3.8, 4) is 0 Å². The highest BCUT2D eigenvalue weighted by Crippen LogP contribution is 2.29. The Bertz CT molecular complexity index is 343. The molecule has 0 saturated carbocycles. The first-order valence-corrected chi connectivity index (χ1v) is 4.37. The fourth-order valence-electron chi connectivity index (χ4n) is 0.710. The largest absolute Gasteiger partial charge is 0.393 e. The molecular formula is C6H4ClIN2O2. The minimum Gasteiger partial charge on any atom is -0.393 e. The van der Waals surface area contributed by atoms with Crippen molar-refractivity contribution < 1.29 is 4.92 Å². The van der Waals surface area contributed by atoms with Gasteiger partial charge < -0.3 is 5.73 Å². The van der Waals surface area contributed by atoms with E-state index >= 15 is 0 Å². The molecule has 0 saturated heterocycles. The number of nitro groups is 1. The Kier molecular flexibility index (Phi) is 2.73. The second kappa shape index (κ2) is 3.44. The molecule has 12 heavy (non-hydrogen) atoms. The van der Waals surface area contributed by atoms with Crippen molar-refractivity contribution in [1.82, 2.24) is 0 Å². The number of anilines is 1. The third-order valence-corrected chi connectivity index (χ3v) is 2.79. The normalized spacial score (nSPS) is 9.83. The lowest BCUT2D eigenvalue weighted by atomic mass is 10.3. The number of nitro benzene ring substituents is 1. The van der Waals surface area contributed by atoms with Gasteiger partial charge in [-0.25, -0.2) is 0 Å². The number of nitrogens with zero attached hydrogens (tertiary/aromatic N) is 1. The molecule has 1 rings (SSSR count). The zero-order valence-electron chi connectivity index (χ0n) is 5.75. The standard InChI is InChI=1S/C6H4ClIN2O2/c7-3-1-6(10(11)12)5(9)2-4(3)8/h1-2H,9H2. The molecule has 0 radical (unpaired) electrons. The van der Waals surface area contributed by atoms with Gasteiger partial charge in [0.1, 0.15) is 5.69 Å². The molecule has 0 bridgehead atoms. The van der Waals surface area contributed by atoms with Gasteiger partial charge in [0.05, 0.1) is 9.95 Å². The smallest absolute Gasteiger partial charge is 0.293 e. The van der Waals surface area contributed by atoms with Crippen molar-refractivity contribution in [3.63, 3.8) is 0 Å². The molecular weight excluding hydrogens is 294 g/mol. The molecule has 6 heteroatoms. The highest BCUT2D eigenvalue weighted by Gasteiger charge is 2.13. The van der Waals surface area contributed by atoms with E-state index in [1.165, 1.54) is 12.1 Å². The Balaban J connectivity index is 3.33. The monoisotopic (exact) mass is 298 g/mol. The molecule has 0 spiro atoms. The Morgan fingerprint density at radius 1 is 1.58 bits per heavy atom. The second-order valence-electron chi connectivity index (χ2n) is 2.08. The predicted molar refractivity (Wildman–Crippen MR) is 55.2 cm³/mol. The summed E-state index contributed by atoms with van der Waals surface area (Å²) < 4.78 is 0.706. The third kappa shape index (κ3) is 1.78. The SMILES string of the molecule is Nc1cc(I)c(Cl)cc1[N+](=O)[O-]. The molecule has 0 heterocycles. The van der Waals surface area contributed by atoms with Crippen LogP contribution in [0.5, 0.6) is 0 Å². The van der Waals surface area contributed by atoms with Gasteiger partial charge in [-0.1, -0.05) is 11.6 Å². The van der Waals surface area contributed by atoms with Gasteiger partial charge in [0, 0.05) is 9.64 Å². The van der Waals surface area contributed by atoms with Crippen molar-refractivity contribution in [1.29, 1.82) is 0 Å². The number of hydrogen-bond acceptors (Lipinski definition) is 3. The van der Waals surface area contributed by atoms with Crippen LogP contribution in [0.25, 0.3) is 0 Å². The molecule has 2 N–H and O–H groups in total. The predicted octanol–water partition coefficient (Wildman–Crippen LogP) is 2.44. The fraction of sp³-hybridized carbons (Fsp3) is 0. The number of nitrogen functional groups attached to an aromatic ring is 1. The third-order valence-electron chi connectivity index (χ3n) is 1.27. The maximum atomic E-state index is 10.3. The highest BCUT2D eigenvalue weighted by molar-refractivity contribution is 14.1. The highest BCUT2D eigenvalue weighted by atomic mass is 127. The zero-order valence-corrected chi connectivity index (χ0v) is 8.67. The molecule has 0 aliphatic heterocycles. The Hall–Kier alpha value is -0.560. The minimum absolute atomic E-state index is 0.133.